The number of anilines is 1. The minimum atomic E-state index is -0.594. The molecule has 0 saturated heterocycles. The maximum Gasteiger partial charge on any atom is 0.338 e. The molecule has 0 radical (unpaired) electrons. The lowest BCUT2D eigenvalue weighted by atomic mass is 9.96. The predicted molar refractivity (Wildman–Crippen MR) is 80.8 cm³/mol. The van der Waals surface area contributed by atoms with Crippen LogP contribution in [0.4, 0.5) is 5.95 Å². The van der Waals surface area contributed by atoms with Crippen molar-refractivity contribution in [1.29, 1.82) is 0 Å². The molecule has 9 heteroatoms. The van der Waals surface area contributed by atoms with Crippen molar-refractivity contribution in [3.8, 4) is 0 Å². The van der Waals surface area contributed by atoms with E-state index in [4.69, 9.17) is 27.9 Å². The highest BCUT2D eigenvalue weighted by molar-refractivity contribution is 6.35. The van der Waals surface area contributed by atoms with Crippen molar-refractivity contribution in [2.45, 2.75) is 13.0 Å². The Morgan fingerprint density at radius 1 is 1.41 bits per heavy atom. The number of esters is 1. The van der Waals surface area contributed by atoms with Crippen LogP contribution in [0.25, 0.3) is 0 Å². The summed E-state index contributed by atoms with van der Waals surface area (Å²) in [4.78, 5) is 12.2. The van der Waals surface area contributed by atoms with E-state index < -0.39 is 12.0 Å². The molecular weight excluding hydrogens is 329 g/mol. The number of allylic oxidation sites excluding steroid dienone is 1. The topological polar surface area (TPSA) is 81.9 Å². The summed E-state index contributed by atoms with van der Waals surface area (Å²) >= 11 is 12.2. The monoisotopic (exact) mass is 339 g/mol. The normalized spacial score (nSPS) is 17.0. The van der Waals surface area contributed by atoms with Gasteiger partial charge in [0, 0.05) is 21.3 Å². The molecule has 3 rings (SSSR count). The lowest BCUT2D eigenvalue weighted by Crippen LogP contribution is -2.29. The van der Waals surface area contributed by atoms with Gasteiger partial charge in [0.2, 0.25) is 5.95 Å². The fourth-order valence-electron chi connectivity index (χ4n) is 2.40. The van der Waals surface area contributed by atoms with Gasteiger partial charge in [-0.3, -0.25) is 0 Å². The lowest BCUT2D eigenvalue weighted by Gasteiger charge is -2.27. The number of fused-ring (bicyclic) bond motifs is 1. The van der Waals surface area contributed by atoms with Crippen LogP contribution < -0.4 is 5.32 Å². The fourth-order valence-corrected chi connectivity index (χ4v) is 2.91. The number of hydrogen-bond donors (Lipinski definition) is 1. The van der Waals surface area contributed by atoms with Crippen molar-refractivity contribution in [2.75, 3.05) is 12.4 Å². The Hall–Kier alpha value is -2.12. The predicted octanol–water partition coefficient (Wildman–Crippen LogP) is 2.44. The van der Waals surface area contributed by atoms with E-state index >= 15 is 0 Å². The van der Waals surface area contributed by atoms with E-state index in [0.717, 1.165) is 0 Å². The van der Waals surface area contributed by atoms with Gasteiger partial charge in [-0.25, -0.2) is 4.79 Å². The van der Waals surface area contributed by atoms with E-state index in [1.54, 1.807) is 25.1 Å². The molecule has 0 bridgehead atoms. The van der Waals surface area contributed by atoms with Crippen molar-refractivity contribution < 1.29 is 9.53 Å². The van der Waals surface area contributed by atoms with Gasteiger partial charge in [0.25, 0.3) is 0 Å². The Morgan fingerprint density at radius 2 is 2.18 bits per heavy atom. The Balaban J connectivity index is 2.23. The first kappa shape index (κ1) is 14.8. The largest absolute Gasteiger partial charge is 0.466 e. The van der Waals surface area contributed by atoms with Crippen LogP contribution in [0.2, 0.25) is 10.0 Å². The highest BCUT2D eigenvalue weighted by Crippen LogP contribution is 2.38. The Bertz CT molecular complexity index is 786. The molecule has 1 N–H and O–H groups in total. The maximum atomic E-state index is 12.2. The highest BCUT2D eigenvalue weighted by atomic mass is 35.5. The van der Waals surface area contributed by atoms with Crippen LogP contribution in [-0.2, 0) is 9.53 Å². The minimum Gasteiger partial charge on any atom is -0.466 e. The molecule has 2 heterocycles. The first-order chi connectivity index (χ1) is 10.5. The number of nitrogens with zero attached hydrogens (tertiary/aromatic N) is 4. The molecule has 1 aromatic heterocycles. The Morgan fingerprint density at radius 3 is 2.86 bits per heavy atom. The number of aromatic nitrogens is 4. The first-order valence-corrected chi connectivity index (χ1v) is 7.07. The van der Waals surface area contributed by atoms with Crippen LogP contribution in [0.1, 0.15) is 18.5 Å². The SMILES string of the molecule is COC(=O)C1=C(C)Nc2nnnn2[C@H]1c1ccc(Cl)cc1Cl. The molecule has 1 atom stereocenters. The van der Waals surface area contributed by atoms with E-state index in [1.165, 1.54) is 11.8 Å². The number of hydrogen-bond acceptors (Lipinski definition) is 6. The molecule has 1 aromatic carbocycles. The van der Waals surface area contributed by atoms with Gasteiger partial charge in [-0.05, 0) is 29.5 Å². The third-order valence-corrected chi connectivity index (χ3v) is 3.94. The van der Waals surface area contributed by atoms with Gasteiger partial charge in [0.1, 0.15) is 6.04 Å². The number of rotatable bonds is 2. The second kappa shape index (κ2) is 5.58. The average molecular weight is 340 g/mol. The van der Waals surface area contributed by atoms with Gasteiger partial charge in [-0.2, -0.15) is 4.68 Å². The van der Waals surface area contributed by atoms with Gasteiger partial charge in [-0.15, -0.1) is 0 Å². The summed E-state index contributed by atoms with van der Waals surface area (Å²) in [6, 6.07) is 4.44. The Labute approximate surface area is 135 Å². The van der Waals surface area contributed by atoms with Crippen molar-refractivity contribution in [1.82, 2.24) is 20.2 Å². The summed E-state index contributed by atoms with van der Waals surface area (Å²) < 4.78 is 6.36. The third-order valence-electron chi connectivity index (χ3n) is 3.38. The number of methoxy groups -OCH3 is 1. The molecule has 0 amide bonds. The van der Waals surface area contributed by atoms with Gasteiger partial charge in [-0.1, -0.05) is 34.4 Å². The molecule has 0 aliphatic carbocycles. The van der Waals surface area contributed by atoms with Crippen LogP contribution in [0, 0.1) is 0 Å². The number of carbonyl (C=O) groups is 1. The highest BCUT2D eigenvalue weighted by Gasteiger charge is 2.35. The number of halogens is 2. The summed E-state index contributed by atoms with van der Waals surface area (Å²) in [5.41, 5.74) is 1.64. The van der Waals surface area contributed by atoms with Crippen LogP contribution in [0.15, 0.2) is 29.5 Å². The minimum absolute atomic E-state index is 0.381. The van der Waals surface area contributed by atoms with Crippen molar-refractivity contribution in [3.63, 3.8) is 0 Å². The van der Waals surface area contributed by atoms with Crippen LogP contribution >= 0.6 is 23.2 Å². The van der Waals surface area contributed by atoms with Crippen molar-refractivity contribution >= 4 is 35.1 Å². The second-order valence-corrected chi connectivity index (χ2v) is 5.51. The van der Waals surface area contributed by atoms with E-state index in [1.807, 2.05) is 0 Å². The van der Waals surface area contributed by atoms with Gasteiger partial charge >= 0.3 is 5.97 Å². The molecule has 0 saturated carbocycles. The molecule has 1 aliphatic rings. The Kier molecular flexibility index (Phi) is 3.76. The van der Waals surface area contributed by atoms with Gasteiger partial charge < -0.3 is 10.1 Å². The van der Waals surface area contributed by atoms with Crippen LogP contribution in [0.5, 0.6) is 0 Å². The van der Waals surface area contributed by atoms with Crippen LogP contribution in [0.3, 0.4) is 0 Å². The number of carbonyl (C=O) groups excluding carboxylic acids is 1. The standard InChI is InChI=1S/C13H11Cl2N5O2/c1-6-10(12(21)22-2)11(20-13(16-6)17-18-19-20)8-4-3-7(14)5-9(8)15/h3-5,11H,1-2H3,(H,16,17,19)/t11-/m0/s1. The lowest BCUT2D eigenvalue weighted by molar-refractivity contribution is -0.136. The molecular formula is C13H11Cl2N5O2. The van der Waals surface area contributed by atoms with Crippen molar-refractivity contribution in [2.24, 2.45) is 0 Å². The molecule has 114 valence electrons. The zero-order valence-electron chi connectivity index (χ0n) is 11.7. The third kappa shape index (κ3) is 2.32. The molecule has 0 unspecified atom stereocenters. The smallest absolute Gasteiger partial charge is 0.338 e. The number of benzene rings is 1. The van der Waals surface area contributed by atoms with Gasteiger partial charge in [0.05, 0.1) is 12.7 Å². The molecule has 7 nitrogen and oxygen atoms in total. The zero-order chi connectivity index (χ0) is 15.9. The second-order valence-electron chi connectivity index (χ2n) is 4.67. The van der Waals surface area contributed by atoms with E-state index in [9.17, 15) is 4.79 Å². The number of ether oxygens (including phenoxy) is 1. The summed E-state index contributed by atoms with van der Waals surface area (Å²) in [6.45, 7) is 1.75. The molecule has 1 aliphatic heterocycles. The summed E-state index contributed by atoms with van der Waals surface area (Å²) in [6.07, 6.45) is 0. The number of nitrogens with one attached hydrogen (secondary N) is 1. The first-order valence-electron chi connectivity index (χ1n) is 6.32. The van der Waals surface area contributed by atoms with E-state index in [2.05, 4.69) is 20.8 Å². The fraction of sp³-hybridized carbons (Fsp3) is 0.231. The maximum absolute atomic E-state index is 12.2. The molecule has 0 spiro atoms. The van der Waals surface area contributed by atoms with E-state index in [-0.39, 0.29) is 0 Å². The summed E-state index contributed by atoms with van der Waals surface area (Å²) in [5.74, 6) is -0.0664. The van der Waals surface area contributed by atoms with E-state index in [0.29, 0.717) is 32.8 Å². The quantitative estimate of drug-likeness (QED) is 0.846. The van der Waals surface area contributed by atoms with Gasteiger partial charge in [0.15, 0.2) is 0 Å². The van der Waals surface area contributed by atoms with Crippen molar-refractivity contribution in [3.05, 3.63) is 45.1 Å². The number of tetrazole rings is 1. The average Bonchev–Trinajstić information content (AvgIpc) is 2.93. The summed E-state index contributed by atoms with van der Waals surface area (Å²) in [7, 11) is 1.32. The molecule has 22 heavy (non-hydrogen) atoms. The van der Waals surface area contributed by atoms with Crippen LogP contribution in [-0.4, -0.2) is 33.3 Å². The zero-order valence-corrected chi connectivity index (χ0v) is 13.2. The molecule has 2 aromatic rings. The summed E-state index contributed by atoms with van der Waals surface area (Å²) in [5, 5.41) is 15.3. The molecule has 0 fully saturated rings.